The Morgan fingerprint density at radius 2 is 1.56 bits per heavy atom. The summed E-state index contributed by atoms with van der Waals surface area (Å²) in [5.74, 6) is -0.961. The minimum absolute atomic E-state index is 0.0614. The van der Waals surface area contributed by atoms with Gasteiger partial charge in [0.15, 0.2) is 0 Å². The molecule has 166 valence electrons. The van der Waals surface area contributed by atoms with Gasteiger partial charge < -0.3 is 10.2 Å². The molecule has 0 radical (unpaired) electrons. The zero-order valence-corrected chi connectivity index (χ0v) is 18.4. The lowest BCUT2D eigenvalue weighted by Crippen LogP contribution is -2.49. The van der Waals surface area contributed by atoms with Crippen LogP contribution in [0.3, 0.4) is 0 Å². The molecule has 3 amide bonds. The van der Waals surface area contributed by atoms with Gasteiger partial charge in [0, 0.05) is 17.4 Å². The molecular weight excluding hydrogens is 402 g/mol. The highest BCUT2D eigenvalue weighted by molar-refractivity contribution is 6.09. The molecule has 0 aromatic heterocycles. The molecule has 2 aliphatic heterocycles. The van der Waals surface area contributed by atoms with Crippen molar-refractivity contribution in [3.05, 3.63) is 60.2 Å². The lowest BCUT2D eigenvalue weighted by atomic mass is 9.81. The van der Waals surface area contributed by atoms with Gasteiger partial charge in [0.1, 0.15) is 6.54 Å². The van der Waals surface area contributed by atoms with Crippen LogP contribution < -0.4 is 10.2 Å². The summed E-state index contributed by atoms with van der Waals surface area (Å²) >= 11 is 0. The Labute approximate surface area is 188 Å². The smallest absolute Gasteiger partial charge is 0.247 e. The van der Waals surface area contributed by atoms with E-state index in [9.17, 15) is 14.4 Å². The van der Waals surface area contributed by atoms with E-state index in [1.165, 1.54) is 4.90 Å². The fourth-order valence-electron chi connectivity index (χ4n) is 5.66. The number of benzene rings is 2. The fourth-order valence-corrected chi connectivity index (χ4v) is 5.66. The molecular formula is C26H29N3O3. The van der Waals surface area contributed by atoms with Gasteiger partial charge in [-0.1, -0.05) is 49.2 Å². The number of para-hydroxylation sites is 2. The third kappa shape index (κ3) is 3.57. The van der Waals surface area contributed by atoms with Crippen LogP contribution in [0.15, 0.2) is 54.6 Å². The van der Waals surface area contributed by atoms with Crippen molar-refractivity contribution in [1.82, 2.24) is 4.90 Å². The summed E-state index contributed by atoms with van der Waals surface area (Å²) in [5, 5.41) is 3.59. The predicted octanol–water partition coefficient (Wildman–Crippen LogP) is 4.14. The Bertz CT molecular complexity index is 1010. The van der Waals surface area contributed by atoms with Crippen molar-refractivity contribution in [2.24, 2.45) is 11.8 Å². The van der Waals surface area contributed by atoms with E-state index in [0.29, 0.717) is 0 Å². The SMILES string of the molecule is C[C@@H]1C[C@H](Nc2ccccc2)c2ccccc2N1C(=O)CN1C(=O)[C@H]2CCCC[C@H]2C1=O. The number of fused-ring (bicyclic) bond motifs is 2. The van der Waals surface area contributed by atoms with Gasteiger partial charge in [0.2, 0.25) is 17.7 Å². The quantitative estimate of drug-likeness (QED) is 0.739. The molecule has 2 heterocycles. The number of amides is 3. The Kier molecular flexibility index (Phi) is 5.45. The first-order chi connectivity index (χ1) is 15.5. The molecule has 6 heteroatoms. The van der Waals surface area contributed by atoms with E-state index in [1.807, 2.05) is 61.5 Å². The fraction of sp³-hybridized carbons (Fsp3) is 0.423. The minimum Gasteiger partial charge on any atom is -0.378 e. The van der Waals surface area contributed by atoms with Crippen LogP contribution in [0.5, 0.6) is 0 Å². The molecule has 2 fully saturated rings. The molecule has 0 spiro atoms. The average Bonchev–Trinajstić information content (AvgIpc) is 3.05. The first-order valence-corrected chi connectivity index (χ1v) is 11.6. The highest BCUT2D eigenvalue weighted by Crippen LogP contribution is 2.40. The van der Waals surface area contributed by atoms with E-state index in [-0.39, 0.29) is 48.2 Å². The highest BCUT2D eigenvalue weighted by atomic mass is 16.2. The number of carbonyl (C=O) groups is 3. The van der Waals surface area contributed by atoms with Gasteiger partial charge >= 0.3 is 0 Å². The summed E-state index contributed by atoms with van der Waals surface area (Å²) in [4.78, 5) is 42.2. The first kappa shape index (κ1) is 20.7. The summed E-state index contributed by atoms with van der Waals surface area (Å²) in [6, 6.07) is 18.0. The van der Waals surface area contributed by atoms with Crippen molar-refractivity contribution < 1.29 is 14.4 Å². The van der Waals surface area contributed by atoms with Crippen molar-refractivity contribution in [2.45, 2.75) is 51.1 Å². The van der Waals surface area contributed by atoms with Crippen LogP contribution in [-0.2, 0) is 14.4 Å². The molecule has 4 atom stereocenters. The molecule has 1 saturated heterocycles. The van der Waals surface area contributed by atoms with E-state index < -0.39 is 0 Å². The predicted molar refractivity (Wildman–Crippen MR) is 123 cm³/mol. The largest absolute Gasteiger partial charge is 0.378 e. The van der Waals surface area contributed by atoms with Crippen LogP contribution in [-0.4, -0.2) is 35.2 Å². The van der Waals surface area contributed by atoms with Crippen molar-refractivity contribution in [3.63, 3.8) is 0 Å². The zero-order valence-electron chi connectivity index (χ0n) is 18.4. The Morgan fingerprint density at radius 1 is 0.938 bits per heavy atom. The molecule has 1 N–H and O–H groups in total. The maximum atomic E-state index is 13.4. The Morgan fingerprint density at radius 3 is 2.25 bits per heavy atom. The summed E-state index contributed by atoms with van der Waals surface area (Å²) in [6.07, 6.45) is 4.22. The van der Waals surface area contributed by atoms with Crippen LogP contribution in [0, 0.1) is 11.8 Å². The van der Waals surface area contributed by atoms with Gasteiger partial charge in [-0.2, -0.15) is 0 Å². The maximum Gasteiger partial charge on any atom is 0.247 e. The zero-order chi connectivity index (χ0) is 22.2. The number of hydrogen-bond donors (Lipinski definition) is 1. The summed E-state index contributed by atoms with van der Waals surface area (Å²) < 4.78 is 0. The molecule has 6 nitrogen and oxygen atoms in total. The second-order valence-corrected chi connectivity index (χ2v) is 9.23. The molecule has 5 rings (SSSR count). The van der Waals surface area contributed by atoms with Gasteiger partial charge in [-0.15, -0.1) is 0 Å². The van der Waals surface area contributed by atoms with E-state index in [1.54, 1.807) is 4.90 Å². The van der Waals surface area contributed by atoms with Crippen molar-refractivity contribution in [1.29, 1.82) is 0 Å². The van der Waals surface area contributed by atoms with E-state index in [4.69, 9.17) is 0 Å². The van der Waals surface area contributed by atoms with Crippen LogP contribution in [0.25, 0.3) is 0 Å². The summed E-state index contributed by atoms with van der Waals surface area (Å²) in [7, 11) is 0. The topological polar surface area (TPSA) is 69.7 Å². The standard InChI is InChI=1S/C26H29N3O3/c1-17-15-22(27-18-9-3-2-4-10-18)21-13-7-8-14-23(21)29(17)24(30)16-28-25(31)19-11-5-6-12-20(19)26(28)32/h2-4,7-10,13-14,17,19-20,22,27H,5-6,11-12,15-16H2,1H3/t17-,19-,20+,22+/m1/s1. The van der Waals surface area contributed by atoms with Gasteiger partial charge in [-0.05, 0) is 49.9 Å². The molecule has 3 aliphatic rings. The van der Waals surface area contributed by atoms with Gasteiger partial charge in [0.25, 0.3) is 0 Å². The van der Waals surface area contributed by atoms with Crippen LogP contribution in [0.2, 0.25) is 0 Å². The number of anilines is 2. The van der Waals surface area contributed by atoms with Crippen molar-refractivity contribution in [3.8, 4) is 0 Å². The van der Waals surface area contributed by atoms with Gasteiger partial charge in [-0.3, -0.25) is 19.3 Å². The number of likely N-dealkylation sites (tertiary alicyclic amines) is 1. The summed E-state index contributed by atoms with van der Waals surface area (Å²) in [5.41, 5.74) is 2.94. The summed E-state index contributed by atoms with van der Waals surface area (Å²) in [6.45, 7) is 1.86. The molecule has 32 heavy (non-hydrogen) atoms. The average molecular weight is 432 g/mol. The van der Waals surface area contributed by atoms with Gasteiger partial charge in [0.05, 0.1) is 17.9 Å². The molecule has 2 aromatic rings. The number of rotatable bonds is 4. The number of carbonyl (C=O) groups excluding carboxylic acids is 3. The van der Waals surface area contributed by atoms with E-state index in [2.05, 4.69) is 5.32 Å². The molecule has 0 bridgehead atoms. The lowest BCUT2D eigenvalue weighted by molar-refractivity contribution is -0.143. The van der Waals surface area contributed by atoms with Crippen LogP contribution in [0.4, 0.5) is 11.4 Å². The van der Waals surface area contributed by atoms with Crippen LogP contribution >= 0.6 is 0 Å². The van der Waals surface area contributed by atoms with Gasteiger partial charge in [-0.25, -0.2) is 0 Å². The number of imide groups is 1. The number of nitrogens with zero attached hydrogens (tertiary/aromatic N) is 2. The number of nitrogens with one attached hydrogen (secondary N) is 1. The maximum absolute atomic E-state index is 13.4. The highest BCUT2D eigenvalue weighted by Gasteiger charge is 2.49. The lowest BCUT2D eigenvalue weighted by Gasteiger charge is -2.40. The minimum atomic E-state index is -0.227. The molecule has 1 aliphatic carbocycles. The third-order valence-electron chi connectivity index (χ3n) is 7.20. The molecule has 2 aromatic carbocycles. The van der Waals surface area contributed by atoms with Crippen molar-refractivity contribution >= 4 is 29.1 Å². The molecule has 0 unspecified atom stereocenters. The van der Waals surface area contributed by atoms with Crippen molar-refractivity contribution in [2.75, 3.05) is 16.8 Å². The Hall–Kier alpha value is -3.15. The van der Waals surface area contributed by atoms with Crippen LogP contribution in [0.1, 0.15) is 50.6 Å². The second-order valence-electron chi connectivity index (χ2n) is 9.23. The normalized spacial score (nSPS) is 27.2. The number of hydrogen-bond acceptors (Lipinski definition) is 4. The third-order valence-corrected chi connectivity index (χ3v) is 7.20. The monoisotopic (exact) mass is 431 g/mol. The first-order valence-electron chi connectivity index (χ1n) is 11.6. The van der Waals surface area contributed by atoms with E-state index in [0.717, 1.165) is 49.0 Å². The Balaban J connectivity index is 1.38. The molecule has 1 saturated carbocycles. The second kappa shape index (κ2) is 8.41. The van der Waals surface area contributed by atoms with E-state index >= 15 is 0 Å².